The molecule has 8 nitrogen and oxygen atoms in total. The number of non-ortho nitro benzene ring substituents is 1. The third-order valence-corrected chi connectivity index (χ3v) is 10.8. The van der Waals surface area contributed by atoms with Gasteiger partial charge in [-0.15, -0.1) is 0 Å². The lowest BCUT2D eigenvalue weighted by atomic mass is 10.2. The Kier molecular flexibility index (Phi) is 6.49. The SMILES string of the molecule is CC(C)(C)[Si](/C=N/Nc1ccc([N+](=O)[O-])cc1[N+](=O)[O-])(c1ccccc1)c1ccccc1. The fourth-order valence-corrected chi connectivity index (χ4v) is 8.30. The number of nitrogens with one attached hydrogen (secondary N) is 1. The van der Waals surface area contributed by atoms with Crippen molar-refractivity contribution in [3.63, 3.8) is 0 Å². The van der Waals surface area contributed by atoms with E-state index >= 15 is 0 Å². The number of nitro benzene ring substituents is 2. The molecule has 1 N–H and O–H groups in total. The zero-order chi connectivity index (χ0) is 23.4. The van der Waals surface area contributed by atoms with Gasteiger partial charge in [-0.3, -0.25) is 25.7 Å². The normalized spacial score (nSPS) is 12.0. The minimum atomic E-state index is -2.61. The van der Waals surface area contributed by atoms with Gasteiger partial charge in [-0.25, -0.2) is 0 Å². The van der Waals surface area contributed by atoms with Gasteiger partial charge in [0.2, 0.25) is 0 Å². The number of rotatable bonds is 7. The van der Waals surface area contributed by atoms with E-state index in [-0.39, 0.29) is 16.4 Å². The second-order valence-corrected chi connectivity index (χ2v) is 12.9. The van der Waals surface area contributed by atoms with E-state index in [1.165, 1.54) is 12.1 Å². The van der Waals surface area contributed by atoms with Crippen molar-refractivity contribution in [2.45, 2.75) is 25.8 Å². The summed E-state index contributed by atoms with van der Waals surface area (Å²) in [4.78, 5) is 21.1. The van der Waals surface area contributed by atoms with Gasteiger partial charge in [0.05, 0.1) is 15.9 Å². The largest absolute Gasteiger partial charge is 0.301 e. The van der Waals surface area contributed by atoms with E-state index in [4.69, 9.17) is 0 Å². The van der Waals surface area contributed by atoms with Crippen molar-refractivity contribution in [1.29, 1.82) is 0 Å². The molecule has 3 aromatic rings. The standard InChI is InChI=1S/C23H24N4O4Si/c1-23(2,3)32(19-10-6-4-7-11-19,20-12-8-5-9-13-20)17-24-25-21-15-14-18(26(28)29)16-22(21)27(30)31/h4-17,25H,1-3H3/b24-17+. The van der Waals surface area contributed by atoms with E-state index in [2.05, 4.69) is 55.6 Å². The van der Waals surface area contributed by atoms with Crippen LogP contribution in [0.4, 0.5) is 17.1 Å². The maximum atomic E-state index is 11.5. The molecule has 164 valence electrons. The summed E-state index contributed by atoms with van der Waals surface area (Å²) in [6, 6.07) is 23.7. The summed E-state index contributed by atoms with van der Waals surface area (Å²) in [6.45, 7) is 6.50. The van der Waals surface area contributed by atoms with Crippen molar-refractivity contribution in [1.82, 2.24) is 0 Å². The monoisotopic (exact) mass is 448 g/mol. The molecular formula is C23H24N4O4Si. The maximum Gasteiger partial charge on any atom is 0.301 e. The quantitative estimate of drug-likeness (QED) is 0.248. The van der Waals surface area contributed by atoms with Crippen LogP contribution in [0.3, 0.4) is 0 Å². The van der Waals surface area contributed by atoms with Crippen LogP contribution in [-0.4, -0.2) is 23.8 Å². The average Bonchev–Trinajstić information content (AvgIpc) is 2.77. The fourth-order valence-electron chi connectivity index (χ4n) is 3.86. The Morgan fingerprint density at radius 3 is 1.81 bits per heavy atom. The van der Waals surface area contributed by atoms with E-state index in [1.807, 2.05) is 42.2 Å². The van der Waals surface area contributed by atoms with E-state index in [0.29, 0.717) is 0 Å². The molecule has 3 aromatic carbocycles. The fraction of sp³-hybridized carbons (Fsp3) is 0.174. The van der Waals surface area contributed by atoms with Crippen LogP contribution >= 0.6 is 0 Å². The number of hydrogen-bond acceptors (Lipinski definition) is 6. The van der Waals surface area contributed by atoms with Crippen LogP contribution in [0.2, 0.25) is 5.04 Å². The van der Waals surface area contributed by atoms with Crippen LogP contribution in [0.15, 0.2) is 84.0 Å². The highest BCUT2D eigenvalue weighted by molar-refractivity contribution is 7.21. The number of nitrogens with zero attached hydrogens (tertiary/aromatic N) is 3. The summed E-state index contributed by atoms with van der Waals surface area (Å²) in [5.74, 6) is 1.89. The molecule has 0 heterocycles. The third kappa shape index (κ3) is 4.42. The molecule has 0 unspecified atom stereocenters. The Bertz CT molecular complexity index is 1110. The van der Waals surface area contributed by atoms with E-state index in [9.17, 15) is 20.2 Å². The molecule has 3 rings (SSSR count). The van der Waals surface area contributed by atoms with Crippen LogP contribution in [0.1, 0.15) is 20.8 Å². The number of nitro groups is 2. The lowest BCUT2D eigenvalue weighted by Gasteiger charge is -2.40. The second-order valence-electron chi connectivity index (χ2n) is 8.38. The van der Waals surface area contributed by atoms with Gasteiger partial charge < -0.3 is 0 Å². The Hall–Kier alpha value is -3.85. The molecule has 0 aliphatic carbocycles. The highest BCUT2D eigenvalue weighted by Gasteiger charge is 2.46. The van der Waals surface area contributed by atoms with Crippen molar-refractivity contribution in [3.8, 4) is 0 Å². The smallest absolute Gasteiger partial charge is 0.272 e. The number of benzene rings is 3. The van der Waals surface area contributed by atoms with E-state index in [0.717, 1.165) is 16.4 Å². The van der Waals surface area contributed by atoms with Crippen LogP contribution in [0.5, 0.6) is 0 Å². The van der Waals surface area contributed by atoms with Crippen molar-refractivity contribution < 1.29 is 9.85 Å². The topological polar surface area (TPSA) is 111 Å². The molecule has 0 aromatic heterocycles. The lowest BCUT2D eigenvalue weighted by Crippen LogP contribution is -2.66. The summed E-state index contributed by atoms with van der Waals surface area (Å²) >= 11 is 0. The zero-order valence-electron chi connectivity index (χ0n) is 18.1. The molecule has 32 heavy (non-hydrogen) atoms. The number of hydrazone groups is 1. The van der Waals surface area contributed by atoms with E-state index in [1.54, 1.807) is 0 Å². The first kappa shape index (κ1) is 22.8. The zero-order valence-corrected chi connectivity index (χ0v) is 19.1. The van der Waals surface area contributed by atoms with Gasteiger partial charge in [0.15, 0.2) is 8.07 Å². The first-order valence-corrected chi connectivity index (χ1v) is 12.1. The van der Waals surface area contributed by atoms with Gasteiger partial charge in [-0.2, -0.15) is 5.10 Å². The molecule has 0 aliphatic rings. The Morgan fingerprint density at radius 2 is 1.38 bits per heavy atom. The second kappa shape index (κ2) is 9.11. The third-order valence-electron chi connectivity index (χ3n) is 5.47. The molecule has 0 bridgehead atoms. The van der Waals surface area contributed by atoms with Crippen LogP contribution in [-0.2, 0) is 0 Å². The molecule has 0 aliphatic heterocycles. The summed E-state index contributed by atoms with van der Waals surface area (Å²) in [6.07, 6.45) is 0. The molecule has 0 fully saturated rings. The van der Waals surface area contributed by atoms with Gasteiger partial charge in [0.1, 0.15) is 5.69 Å². The lowest BCUT2D eigenvalue weighted by molar-refractivity contribution is -0.393. The summed E-state index contributed by atoms with van der Waals surface area (Å²) in [5, 5.41) is 29.0. The van der Waals surface area contributed by atoms with Gasteiger partial charge >= 0.3 is 5.69 Å². The highest BCUT2D eigenvalue weighted by Crippen LogP contribution is 2.35. The van der Waals surface area contributed by atoms with Crippen molar-refractivity contribution in [2.75, 3.05) is 5.43 Å². The predicted molar refractivity (Wildman–Crippen MR) is 129 cm³/mol. The van der Waals surface area contributed by atoms with Crippen LogP contribution in [0, 0.1) is 20.2 Å². The number of hydrogen-bond donors (Lipinski definition) is 1. The van der Waals surface area contributed by atoms with Crippen LogP contribution < -0.4 is 15.8 Å². The van der Waals surface area contributed by atoms with Crippen LogP contribution in [0.25, 0.3) is 0 Å². The molecular weight excluding hydrogens is 424 g/mol. The van der Waals surface area contributed by atoms with Gasteiger partial charge in [-0.05, 0) is 21.5 Å². The first-order valence-electron chi connectivity index (χ1n) is 10.0. The van der Waals surface area contributed by atoms with Gasteiger partial charge in [0, 0.05) is 11.9 Å². The molecule has 0 spiro atoms. The minimum absolute atomic E-state index is 0.0924. The van der Waals surface area contributed by atoms with Crippen molar-refractivity contribution in [2.24, 2.45) is 5.10 Å². The Balaban J connectivity index is 2.11. The molecule has 0 amide bonds. The predicted octanol–water partition coefficient (Wildman–Crippen LogP) is 4.50. The number of anilines is 1. The molecule has 0 atom stereocenters. The minimum Gasteiger partial charge on any atom is -0.272 e. The summed E-state index contributed by atoms with van der Waals surface area (Å²) in [7, 11) is -2.61. The van der Waals surface area contributed by atoms with Gasteiger partial charge in [0.25, 0.3) is 5.69 Å². The Labute approximate surface area is 186 Å². The summed E-state index contributed by atoms with van der Waals surface area (Å²) < 4.78 is 0. The Morgan fingerprint density at radius 1 is 0.844 bits per heavy atom. The van der Waals surface area contributed by atoms with Gasteiger partial charge in [-0.1, -0.05) is 81.4 Å². The summed E-state index contributed by atoms with van der Waals surface area (Å²) in [5.41, 5.74) is 2.11. The van der Waals surface area contributed by atoms with E-state index < -0.39 is 23.6 Å². The molecule has 0 radical (unpaired) electrons. The molecule has 0 saturated carbocycles. The molecule has 0 saturated heterocycles. The van der Waals surface area contributed by atoms with Crippen molar-refractivity contribution >= 4 is 41.3 Å². The maximum absolute atomic E-state index is 11.5. The average molecular weight is 449 g/mol. The first-order chi connectivity index (χ1) is 15.2. The highest BCUT2D eigenvalue weighted by atomic mass is 28.3. The molecule has 9 heteroatoms. The van der Waals surface area contributed by atoms with Crippen molar-refractivity contribution in [3.05, 3.63) is 99.1 Å².